The van der Waals surface area contributed by atoms with E-state index in [-0.39, 0.29) is 11.6 Å². The lowest BCUT2D eigenvalue weighted by Gasteiger charge is -2.23. The number of amides is 1. The van der Waals surface area contributed by atoms with Crippen LogP contribution >= 0.6 is 11.6 Å². The highest BCUT2D eigenvalue weighted by Crippen LogP contribution is 2.26. The lowest BCUT2D eigenvalue weighted by atomic mass is 10.1. The van der Waals surface area contributed by atoms with Crippen molar-refractivity contribution in [1.29, 1.82) is 0 Å². The van der Waals surface area contributed by atoms with Crippen LogP contribution in [0.25, 0.3) is 10.9 Å². The lowest BCUT2D eigenvalue weighted by molar-refractivity contribution is 0.0723. The zero-order valence-corrected chi connectivity index (χ0v) is 17.5. The summed E-state index contributed by atoms with van der Waals surface area (Å²) in [6, 6.07) is 9.93. The fourth-order valence-electron chi connectivity index (χ4n) is 3.47. The van der Waals surface area contributed by atoms with Crippen LogP contribution in [-0.2, 0) is 13.1 Å². The number of aryl methyl sites for hydroxylation is 2. The molecule has 7 heteroatoms. The average molecular weight is 418 g/mol. The molecular weight excluding hydrogens is 398 g/mol. The van der Waals surface area contributed by atoms with E-state index in [4.69, 9.17) is 11.6 Å². The average Bonchev–Trinajstić information content (AvgIpc) is 2.75. The van der Waals surface area contributed by atoms with Crippen molar-refractivity contribution in [3.8, 4) is 0 Å². The van der Waals surface area contributed by atoms with E-state index in [0.717, 1.165) is 33.2 Å². The summed E-state index contributed by atoms with van der Waals surface area (Å²) in [6.07, 6.45) is 7.95. The second kappa shape index (κ2) is 8.55. The van der Waals surface area contributed by atoms with Crippen molar-refractivity contribution in [2.45, 2.75) is 26.9 Å². The first-order chi connectivity index (χ1) is 14.5. The first kappa shape index (κ1) is 19.9. The van der Waals surface area contributed by atoms with E-state index in [9.17, 15) is 4.79 Å². The zero-order chi connectivity index (χ0) is 21.1. The number of fused-ring (bicyclic) bond motifs is 1. The fourth-order valence-corrected chi connectivity index (χ4v) is 3.67. The van der Waals surface area contributed by atoms with Gasteiger partial charge in [-0.05, 0) is 43.2 Å². The maximum Gasteiger partial charge on any atom is 0.274 e. The Morgan fingerprint density at radius 3 is 2.60 bits per heavy atom. The van der Waals surface area contributed by atoms with Gasteiger partial charge in [0.25, 0.3) is 5.91 Å². The summed E-state index contributed by atoms with van der Waals surface area (Å²) in [7, 11) is 0. The van der Waals surface area contributed by atoms with Crippen molar-refractivity contribution in [2.24, 2.45) is 0 Å². The molecule has 3 aromatic heterocycles. The summed E-state index contributed by atoms with van der Waals surface area (Å²) in [4.78, 5) is 31.8. The standard InChI is InChI=1S/C23H20ClN5O/c1-15-8-16(2)21-18(9-15)10-19(22(24)28-21)14-29(13-17-4-3-5-25-11-17)23(30)20-12-26-6-7-27-20/h3-12H,13-14H2,1-2H3. The van der Waals surface area contributed by atoms with Crippen molar-refractivity contribution >= 4 is 28.4 Å². The highest BCUT2D eigenvalue weighted by Gasteiger charge is 2.20. The molecule has 0 spiro atoms. The molecule has 0 atom stereocenters. The van der Waals surface area contributed by atoms with Gasteiger partial charge < -0.3 is 4.90 Å². The van der Waals surface area contributed by atoms with Gasteiger partial charge in [-0.25, -0.2) is 9.97 Å². The van der Waals surface area contributed by atoms with Crippen LogP contribution in [0.3, 0.4) is 0 Å². The molecule has 0 saturated heterocycles. The number of carbonyl (C=O) groups excluding carboxylic acids is 1. The monoisotopic (exact) mass is 417 g/mol. The molecule has 0 N–H and O–H groups in total. The number of halogens is 1. The molecule has 0 bridgehead atoms. The number of hydrogen-bond acceptors (Lipinski definition) is 5. The first-order valence-corrected chi connectivity index (χ1v) is 9.89. The fraction of sp³-hybridized carbons (Fsp3) is 0.174. The van der Waals surface area contributed by atoms with Gasteiger partial charge in [-0.2, -0.15) is 0 Å². The highest BCUT2D eigenvalue weighted by molar-refractivity contribution is 6.30. The van der Waals surface area contributed by atoms with Crippen LogP contribution in [-0.4, -0.2) is 30.7 Å². The molecule has 0 aliphatic carbocycles. The first-order valence-electron chi connectivity index (χ1n) is 9.52. The second-order valence-corrected chi connectivity index (χ2v) is 7.56. The normalized spacial score (nSPS) is 10.9. The highest BCUT2D eigenvalue weighted by atomic mass is 35.5. The Hall–Kier alpha value is -3.38. The Balaban J connectivity index is 1.72. The Morgan fingerprint density at radius 1 is 1.03 bits per heavy atom. The van der Waals surface area contributed by atoms with Crippen molar-refractivity contribution in [3.05, 3.63) is 94.4 Å². The maximum atomic E-state index is 13.2. The van der Waals surface area contributed by atoms with E-state index in [1.54, 1.807) is 17.3 Å². The van der Waals surface area contributed by atoms with E-state index in [0.29, 0.717) is 18.2 Å². The van der Waals surface area contributed by atoms with Crippen molar-refractivity contribution in [3.63, 3.8) is 0 Å². The molecule has 0 unspecified atom stereocenters. The summed E-state index contributed by atoms with van der Waals surface area (Å²) in [5, 5.41) is 1.39. The third kappa shape index (κ3) is 4.28. The molecule has 0 radical (unpaired) electrons. The third-order valence-corrected chi connectivity index (χ3v) is 5.13. The maximum absolute atomic E-state index is 13.2. The van der Waals surface area contributed by atoms with Crippen molar-refractivity contribution in [2.75, 3.05) is 0 Å². The van der Waals surface area contributed by atoms with Gasteiger partial charge in [0.1, 0.15) is 10.8 Å². The molecule has 1 amide bonds. The molecule has 0 aliphatic rings. The number of aromatic nitrogens is 4. The zero-order valence-electron chi connectivity index (χ0n) is 16.7. The smallest absolute Gasteiger partial charge is 0.274 e. The molecule has 3 heterocycles. The largest absolute Gasteiger partial charge is 0.328 e. The SMILES string of the molecule is Cc1cc(C)c2nc(Cl)c(CN(Cc3cccnc3)C(=O)c3cnccn3)cc2c1. The predicted octanol–water partition coefficient (Wildman–Crippen LogP) is 4.53. The molecule has 0 aliphatic heterocycles. The molecule has 1 aromatic carbocycles. The van der Waals surface area contributed by atoms with Crippen LogP contribution in [0.2, 0.25) is 5.15 Å². The summed E-state index contributed by atoms with van der Waals surface area (Å²) in [5.74, 6) is -0.233. The number of rotatable bonds is 5. The summed E-state index contributed by atoms with van der Waals surface area (Å²) in [6.45, 7) is 4.72. The predicted molar refractivity (Wildman–Crippen MR) is 116 cm³/mol. The molecule has 150 valence electrons. The lowest BCUT2D eigenvalue weighted by Crippen LogP contribution is -2.31. The van der Waals surface area contributed by atoms with Gasteiger partial charge in [-0.3, -0.25) is 14.8 Å². The van der Waals surface area contributed by atoms with Gasteiger partial charge in [0.05, 0.1) is 11.7 Å². The van der Waals surface area contributed by atoms with E-state index in [2.05, 4.69) is 32.1 Å². The summed E-state index contributed by atoms with van der Waals surface area (Å²) in [5.41, 5.74) is 5.05. The quantitative estimate of drug-likeness (QED) is 0.446. The van der Waals surface area contributed by atoms with Gasteiger partial charge in [0.2, 0.25) is 0 Å². The van der Waals surface area contributed by atoms with Crippen molar-refractivity contribution in [1.82, 2.24) is 24.8 Å². The Labute approximate surface area is 179 Å². The number of carbonyl (C=O) groups is 1. The van der Waals surface area contributed by atoms with E-state index in [1.807, 2.05) is 32.0 Å². The Morgan fingerprint density at radius 2 is 1.87 bits per heavy atom. The third-order valence-electron chi connectivity index (χ3n) is 4.81. The van der Waals surface area contributed by atoms with Gasteiger partial charge >= 0.3 is 0 Å². The van der Waals surface area contributed by atoms with Crippen LogP contribution in [0.1, 0.15) is 32.7 Å². The van der Waals surface area contributed by atoms with Gasteiger partial charge in [0.15, 0.2) is 0 Å². The van der Waals surface area contributed by atoms with Gasteiger partial charge in [-0.1, -0.05) is 29.3 Å². The Bertz CT molecular complexity index is 1200. The van der Waals surface area contributed by atoms with Crippen LogP contribution in [0, 0.1) is 13.8 Å². The molecule has 4 aromatic rings. The van der Waals surface area contributed by atoms with E-state index >= 15 is 0 Å². The number of hydrogen-bond donors (Lipinski definition) is 0. The van der Waals surface area contributed by atoms with E-state index < -0.39 is 0 Å². The van der Waals surface area contributed by atoms with Crippen LogP contribution in [0.5, 0.6) is 0 Å². The number of benzene rings is 1. The Kier molecular flexibility index (Phi) is 5.68. The van der Waals surface area contributed by atoms with E-state index in [1.165, 1.54) is 18.6 Å². The molecule has 0 saturated carbocycles. The van der Waals surface area contributed by atoms with Crippen molar-refractivity contribution < 1.29 is 4.79 Å². The number of pyridine rings is 2. The van der Waals surface area contributed by atoms with Crippen LogP contribution < -0.4 is 0 Å². The van der Waals surface area contributed by atoms with Crippen LogP contribution in [0.4, 0.5) is 0 Å². The topological polar surface area (TPSA) is 71.9 Å². The minimum absolute atomic E-state index is 0.233. The van der Waals surface area contributed by atoms with Gasteiger partial charge in [-0.15, -0.1) is 0 Å². The minimum Gasteiger partial charge on any atom is -0.328 e. The molecule has 6 nitrogen and oxygen atoms in total. The minimum atomic E-state index is -0.233. The summed E-state index contributed by atoms with van der Waals surface area (Å²) >= 11 is 6.52. The van der Waals surface area contributed by atoms with Gasteiger partial charge in [0, 0.05) is 48.8 Å². The molecule has 30 heavy (non-hydrogen) atoms. The molecule has 4 rings (SSSR count). The molecule has 0 fully saturated rings. The summed E-state index contributed by atoms with van der Waals surface area (Å²) < 4.78 is 0. The number of nitrogens with zero attached hydrogens (tertiary/aromatic N) is 5. The second-order valence-electron chi connectivity index (χ2n) is 7.20. The van der Waals surface area contributed by atoms with Crippen LogP contribution in [0.15, 0.2) is 61.3 Å². The molecular formula is C23H20ClN5O.